The fraction of sp³-hybridized carbons (Fsp3) is 0.316. The number of fused-ring (bicyclic) bond motifs is 1. The van der Waals surface area contributed by atoms with Crippen LogP contribution in [0.4, 0.5) is 4.39 Å². The van der Waals surface area contributed by atoms with Crippen molar-refractivity contribution in [1.29, 1.82) is 0 Å². The van der Waals surface area contributed by atoms with E-state index in [1.807, 2.05) is 24.3 Å². The molecule has 0 spiro atoms. The Bertz CT molecular complexity index is 1010. The molecule has 2 heterocycles. The van der Waals surface area contributed by atoms with Crippen LogP contribution in [0.2, 0.25) is 0 Å². The van der Waals surface area contributed by atoms with Gasteiger partial charge >= 0.3 is 0 Å². The summed E-state index contributed by atoms with van der Waals surface area (Å²) in [4.78, 5) is 4.47. The summed E-state index contributed by atoms with van der Waals surface area (Å²) in [7, 11) is -3.47. The Morgan fingerprint density at radius 2 is 1.93 bits per heavy atom. The van der Waals surface area contributed by atoms with Crippen LogP contribution < -0.4 is 4.74 Å². The van der Waals surface area contributed by atoms with Crippen molar-refractivity contribution in [3.05, 3.63) is 59.9 Å². The zero-order valence-corrected chi connectivity index (χ0v) is 16.2. The number of hydrogen-bond acceptors (Lipinski definition) is 5. The second-order valence-electron chi connectivity index (χ2n) is 6.55. The van der Waals surface area contributed by atoms with E-state index in [4.69, 9.17) is 4.74 Å². The lowest BCUT2D eigenvalue weighted by molar-refractivity contribution is 0.135. The molecule has 1 aromatic heterocycles. The molecule has 0 radical (unpaired) electrons. The van der Waals surface area contributed by atoms with Crippen molar-refractivity contribution in [3.8, 4) is 5.19 Å². The van der Waals surface area contributed by atoms with Gasteiger partial charge in [-0.2, -0.15) is 0 Å². The van der Waals surface area contributed by atoms with Gasteiger partial charge in [-0.25, -0.2) is 22.1 Å². The normalized spacial score (nSPS) is 16.6. The van der Waals surface area contributed by atoms with Crippen LogP contribution in [0.15, 0.2) is 48.5 Å². The van der Waals surface area contributed by atoms with Crippen LogP contribution >= 0.6 is 11.3 Å². The monoisotopic (exact) mass is 406 g/mol. The lowest BCUT2D eigenvalue weighted by atomic mass is 10.1. The summed E-state index contributed by atoms with van der Waals surface area (Å²) in [6, 6.07) is 13.6. The van der Waals surface area contributed by atoms with Crippen LogP contribution in [0.5, 0.6) is 5.19 Å². The highest BCUT2D eigenvalue weighted by Gasteiger charge is 2.29. The largest absolute Gasteiger partial charge is 0.467 e. The Balaban J connectivity index is 1.36. The Hall–Kier alpha value is -2.03. The van der Waals surface area contributed by atoms with Crippen LogP contribution in [0.1, 0.15) is 18.4 Å². The predicted octanol–water partition coefficient (Wildman–Crippen LogP) is 3.81. The van der Waals surface area contributed by atoms with Crippen molar-refractivity contribution in [2.45, 2.75) is 24.7 Å². The van der Waals surface area contributed by atoms with Gasteiger partial charge in [-0.3, -0.25) is 0 Å². The second-order valence-corrected chi connectivity index (χ2v) is 9.51. The number of nitrogens with zero attached hydrogens (tertiary/aromatic N) is 2. The molecule has 0 N–H and O–H groups in total. The van der Waals surface area contributed by atoms with E-state index in [2.05, 4.69) is 4.98 Å². The van der Waals surface area contributed by atoms with Gasteiger partial charge in [0.05, 0.1) is 16.0 Å². The fourth-order valence-electron chi connectivity index (χ4n) is 3.20. The highest BCUT2D eigenvalue weighted by molar-refractivity contribution is 7.88. The van der Waals surface area contributed by atoms with Crippen molar-refractivity contribution in [2.75, 3.05) is 13.1 Å². The van der Waals surface area contributed by atoms with E-state index in [1.165, 1.54) is 33.8 Å². The summed E-state index contributed by atoms with van der Waals surface area (Å²) in [6.07, 6.45) is 1.17. The zero-order valence-electron chi connectivity index (χ0n) is 14.5. The maximum atomic E-state index is 13.3. The highest BCUT2D eigenvalue weighted by atomic mass is 32.2. The molecular weight excluding hydrogens is 387 g/mol. The molecule has 1 aliphatic rings. The molecule has 0 bridgehead atoms. The van der Waals surface area contributed by atoms with E-state index in [0.29, 0.717) is 36.7 Å². The SMILES string of the molecule is O=S(=O)(Cc1cccc(F)c1)N1CCC(Oc2nc3ccccc3s2)CC1. The maximum absolute atomic E-state index is 13.3. The molecule has 0 amide bonds. The molecule has 1 saturated heterocycles. The van der Waals surface area contributed by atoms with E-state index < -0.39 is 15.8 Å². The van der Waals surface area contributed by atoms with Crippen molar-refractivity contribution in [2.24, 2.45) is 0 Å². The summed E-state index contributed by atoms with van der Waals surface area (Å²) in [5, 5.41) is 0.622. The smallest absolute Gasteiger partial charge is 0.274 e. The fourth-order valence-corrected chi connectivity index (χ4v) is 5.63. The van der Waals surface area contributed by atoms with Crippen molar-refractivity contribution in [1.82, 2.24) is 9.29 Å². The molecule has 142 valence electrons. The molecule has 1 aliphatic heterocycles. The predicted molar refractivity (Wildman–Crippen MR) is 104 cm³/mol. The summed E-state index contributed by atoms with van der Waals surface area (Å²) < 4.78 is 47.0. The first-order valence-electron chi connectivity index (χ1n) is 8.74. The van der Waals surface area contributed by atoms with E-state index >= 15 is 0 Å². The zero-order chi connectivity index (χ0) is 18.9. The molecule has 0 atom stereocenters. The Morgan fingerprint density at radius 1 is 1.15 bits per heavy atom. The minimum atomic E-state index is -3.47. The quantitative estimate of drug-likeness (QED) is 0.647. The molecule has 3 aromatic rings. The summed E-state index contributed by atoms with van der Waals surface area (Å²) in [6.45, 7) is 0.792. The van der Waals surface area contributed by atoms with Gasteiger partial charge in [0.1, 0.15) is 11.9 Å². The third kappa shape index (κ3) is 4.28. The number of benzene rings is 2. The molecule has 8 heteroatoms. The number of sulfonamides is 1. The first kappa shape index (κ1) is 18.3. The van der Waals surface area contributed by atoms with Gasteiger partial charge in [0, 0.05) is 13.1 Å². The van der Waals surface area contributed by atoms with Crippen LogP contribution in [-0.4, -0.2) is 36.9 Å². The molecule has 0 saturated carbocycles. The summed E-state index contributed by atoms with van der Waals surface area (Å²) >= 11 is 1.50. The maximum Gasteiger partial charge on any atom is 0.274 e. The molecule has 5 nitrogen and oxygen atoms in total. The number of ether oxygens (including phenoxy) is 1. The molecule has 0 unspecified atom stereocenters. The van der Waals surface area contributed by atoms with Crippen molar-refractivity contribution < 1.29 is 17.5 Å². The Kier molecular flexibility index (Phi) is 5.12. The van der Waals surface area contributed by atoms with E-state index in [9.17, 15) is 12.8 Å². The van der Waals surface area contributed by atoms with Crippen molar-refractivity contribution in [3.63, 3.8) is 0 Å². The minimum Gasteiger partial charge on any atom is -0.467 e. The first-order valence-corrected chi connectivity index (χ1v) is 11.2. The van der Waals surface area contributed by atoms with Gasteiger partial charge in [0.2, 0.25) is 10.0 Å². The number of para-hydroxylation sites is 1. The van der Waals surface area contributed by atoms with Crippen LogP contribution in [0.25, 0.3) is 10.2 Å². The van der Waals surface area contributed by atoms with Gasteiger partial charge in [-0.1, -0.05) is 35.6 Å². The third-order valence-corrected chi connectivity index (χ3v) is 7.35. The van der Waals surface area contributed by atoms with Gasteiger partial charge < -0.3 is 4.74 Å². The average molecular weight is 407 g/mol. The highest BCUT2D eigenvalue weighted by Crippen LogP contribution is 2.30. The molecule has 4 rings (SSSR count). The Labute approximate surface area is 161 Å². The third-order valence-electron chi connectivity index (χ3n) is 4.57. The van der Waals surface area contributed by atoms with Gasteiger partial charge in [-0.05, 0) is 42.7 Å². The summed E-state index contributed by atoms with van der Waals surface area (Å²) in [5.74, 6) is -0.612. The Morgan fingerprint density at radius 3 is 2.67 bits per heavy atom. The molecular formula is C19H19FN2O3S2. The van der Waals surface area contributed by atoms with Crippen LogP contribution in [-0.2, 0) is 15.8 Å². The van der Waals surface area contributed by atoms with E-state index in [1.54, 1.807) is 6.07 Å². The van der Waals surface area contributed by atoms with Crippen LogP contribution in [0.3, 0.4) is 0 Å². The lowest BCUT2D eigenvalue weighted by Crippen LogP contribution is -2.42. The van der Waals surface area contributed by atoms with E-state index in [-0.39, 0.29) is 11.9 Å². The molecule has 0 aliphatic carbocycles. The molecule has 1 fully saturated rings. The molecule has 2 aromatic carbocycles. The summed E-state index contributed by atoms with van der Waals surface area (Å²) in [5.41, 5.74) is 1.37. The number of thiazole rings is 1. The number of aromatic nitrogens is 1. The number of piperidine rings is 1. The van der Waals surface area contributed by atoms with E-state index in [0.717, 1.165) is 10.2 Å². The second kappa shape index (κ2) is 7.53. The first-order chi connectivity index (χ1) is 13.0. The number of hydrogen-bond donors (Lipinski definition) is 0. The van der Waals surface area contributed by atoms with Gasteiger partial charge in [-0.15, -0.1) is 0 Å². The average Bonchev–Trinajstić information content (AvgIpc) is 3.04. The van der Waals surface area contributed by atoms with Crippen molar-refractivity contribution >= 4 is 31.6 Å². The lowest BCUT2D eigenvalue weighted by Gasteiger charge is -2.30. The number of halogens is 1. The molecule has 27 heavy (non-hydrogen) atoms. The topological polar surface area (TPSA) is 59.5 Å². The van der Waals surface area contributed by atoms with Gasteiger partial charge in [0.15, 0.2) is 0 Å². The standard InChI is InChI=1S/C19H19FN2O3S2/c20-15-5-3-4-14(12-15)13-27(23,24)22-10-8-16(9-11-22)25-19-21-17-6-1-2-7-18(17)26-19/h1-7,12,16H,8-11,13H2. The van der Waals surface area contributed by atoms with Crippen LogP contribution in [0, 0.1) is 5.82 Å². The number of rotatable bonds is 5. The van der Waals surface area contributed by atoms with Gasteiger partial charge in [0.25, 0.3) is 5.19 Å². The minimum absolute atomic E-state index is 0.0498.